The lowest BCUT2D eigenvalue weighted by Crippen LogP contribution is -2.26. The number of aromatic nitrogens is 2. The molecule has 1 aromatic heterocycles. The summed E-state index contributed by atoms with van der Waals surface area (Å²) in [7, 11) is 3.74. The van der Waals surface area contributed by atoms with Crippen molar-refractivity contribution in [1.82, 2.24) is 9.78 Å². The average molecular weight is 322 g/mol. The normalized spacial score (nSPS) is 10.7. The summed E-state index contributed by atoms with van der Waals surface area (Å²) in [5, 5.41) is 6.05. The fraction of sp³-hybridized carbons (Fsp3) is 0.211. The molecule has 0 radical (unpaired) electrons. The molecule has 0 aliphatic carbocycles. The van der Waals surface area contributed by atoms with Crippen molar-refractivity contribution >= 4 is 5.69 Å². The van der Waals surface area contributed by atoms with Gasteiger partial charge in [0.25, 0.3) is 0 Å². The van der Waals surface area contributed by atoms with Crippen molar-refractivity contribution in [3.05, 3.63) is 65.9 Å². The van der Waals surface area contributed by atoms with Gasteiger partial charge in [0.05, 0.1) is 11.4 Å². The maximum Gasteiger partial charge on any atom is 0.120 e. The number of aryl methyl sites for hydroxylation is 2. The van der Waals surface area contributed by atoms with Crippen LogP contribution in [0, 0.1) is 6.92 Å². The van der Waals surface area contributed by atoms with Gasteiger partial charge in [-0.25, -0.2) is 5.84 Å². The molecule has 0 aliphatic rings. The fourth-order valence-corrected chi connectivity index (χ4v) is 2.67. The molecule has 2 aromatic carbocycles. The summed E-state index contributed by atoms with van der Waals surface area (Å²) < 4.78 is 7.81. The summed E-state index contributed by atoms with van der Waals surface area (Å²) in [4.78, 5) is 0. The van der Waals surface area contributed by atoms with Gasteiger partial charge in [-0.1, -0.05) is 24.3 Å². The topological polar surface area (TPSA) is 56.3 Å². The maximum atomic E-state index is 6.02. The van der Waals surface area contributed by atoms with Crippen molar-refractivity contribution in [2.24, 2.45) is 12.9 Å². The van der Waals surface area contributed by atoms with Gasteiger partial charge < -0.3 is 9.75 Å². The molecule has 3 aromatic rings. The van der Waals surface area contributed by atoms with Crippen LogP contribution in [-0.2, 0) is 13.7 Å². The van der Waals surface area contributed by atoms with Gasteiger partial charge in [-0.05, 0) is 36.8 Å². The van der Waals surface area contributed by atoms with Gasteiger partial charge >= 0.3 is 0 Å². The molecular formula is C19H22N4O. The Morgan fingerprint density at radius 3 is 2.67 bits per heavy atom. The van der Waals surface area contributed by atoms with Gasteiger partial charge in [0.1, 0.15) is 12.4 Å². The third-order valence-corrected chi connectivity index (χ3v) is 3.99. The molecule has 0 fully saturated rings. The largest absolute Gasteiger partial charge is 0.489 e. The molecule has 0 bridgehead atoms. The molecule has 0 saturated heterocycles. The maximum absolute atomic E-state index is 6.02. The van der Waals surface area contributed by atoms with E-state index in [2.05, 4.69) is 18.1 Å². The van der Waals surface area contributed by atoms with Gasteiger partial charge in [0.15, 0.2) is 0 Å². The Hall–Kier alpha value is -2.79. The molecule has 0 unspecified atom stereocenters. The van der Waals surface area contributed by atoms with E-state index < -0.39 is 0 Å². The molecule has 3 rings (SSSR count). The van der Waals surface area contributed by atoms with Crippen LogP contribution in [0.2, 0.25) is 0 Å². The zero-order chi connectivity index (χ0) is 17.1. The number of ether oxygens (including phenoxy) is 1. The van der Waals surface area contributed by atoms with Crippen molar-refractivity contribution in [2.75, 3.05) is 12.1 Å². The monoisotopic (exact) mass is 322 g/mol. The highest BCUT2D eigenvalue weighted by Crippen LogP contribution is 2.26. The first-order valence-electron chi connectivity index (χ1n) is 7.84. The van der Waals surface area contributed by atoms with Gasteiger partial charge in [0.2, 0.25) is 0 Å². The molecule has 24 heavy (non-hydrogen) atoms. The Labute approximate surface area is 142 Å². The van der Waals surface area contributed by atoms with E-state index in [4.69, 9.17) is 10.6 Å². The molecule has 124 valence electrons. The number of hydrazine groups is 1. The summed E-state index contributed by atoms with van der Waals surface area (Å²) in [6, 6.07) is 16.0. The summed E-state index contributed by atoms with van der Waals surface area (Å²) in [5.74, 6) is 6.73. The minimum atomic E-state index is 0.467. The van der Waals surface area contributed by atoms with Gasteiger partial charge in [-0.2, -0.15) is 5.10 Å². The van der Waals surface area contributed by atoms with Crippen LogP contribution in [0.5, 0.6) is 5.75 Å². The first kappa shape index (κ1) is 16.1. The van der Waals surface area contributed by atoms with Crippen LogP contribution in [0.1, 0.15) is 11.1 Å². The van der Waals surface area contributed by atoms with Crippen molar-refractivity contribution < 1.29 is 4.74 Å². The predicted molar refractivity (Wildman–Crippen MR) is 96.7 cm³/mol. The third-order valence-electron chi connectivity index (χ3n) is 3.99. The van der Waals surface area contributed by atoms with Gasteiger partial charge in [-0.3, -0.25) is 4.68 Å². The molecular weight excluding hydrogens is 300 g/mol. The van der Waals surface area contributed by atoms with Crippen LogP contribution < -0.4 is 15.6 Å². The van der Waals surface area contributed by atoms with Crippen molar-refractivity contribution in [1.29, 1.82) is 0 Å². The van der Waals surface area contributed by atoms with Gasteiger partial charge in [-0.15, -0.1) is 0 Å². The van der Waals surface area contributed by atoms with E-state index in [1.165, 1.54) is 0 Å². The summed E-state index contributed by atoms with van der Waals surface area (Å²) >= 11 is 0. The van der Waals surface area contributed by atoms with E-state index in [0.717, 1.165) is 33.8 Å². The second kappa shape index (κ2) is 6.76. The minimum Gasteiger partial charge on any atom is -0.489 e. The molecule has 5 heteroatoms. The molecule has 2 N–H and O–H groups in total. The number of rotatable bonds is 5. The Bertz CT molecular complexity index is 839. The van der Waals surface area contributed by atoms with Crippen molar-refractivity contribution in [3.8, 4) is 17.0 Å². The van der Waals surface area contributed by atoms with Crippen LogP contribution in [0.25, 0.3) is 11.3 Å². The average Bonchev–Trinajstić information content (AvgIpc) is 3.00. The lowest BCUT2D eigenvalue weighted by atomic mass is 10.1. The lowest BCUT2D eigenvalue weighted by Gasteiger charge is -2.19. The Morgan fingerprint density at radius 2 is 1.96 bits per heavy atom. The van der Waals surface area contributed by atoms with Crippen LogP contribution in [-0.4, -0.2) is 16.8 Å². The summed E-state index contributed by atoms with van der Waals surface area (Å²) in [6.45, 7) is 2.53. The predicted octanol–water partition coefficient (Wildman–Crippen LogP) is 3.28. The first-order valence-corrected chi connectivity index (χ1v) is 7.84. The molecule has 0 atom stereocenters. The molecule has 5 nitrogen and oxygen atoms in total. The van der Waals surface area contributed by atoms with Crippen LogP contribution >= 0.6 is 0 Å². The SMILES string of the molecule is Cc1cccc(N(C)N)c1COc1cccc(-c2ccn(C)n2)c1. The van der Waals surface area contributed by atoms with E-state index >= 15 is 0 Å². The number of nitrogens with zero attached hydrogens (tertiary/aromatic N) is 3. The molecule has 0 saturated carbocycles. The number of benzene rings is 2. The van der Waals surface area contributed by atoms with Crippen LogP contribution in [0.15, 0.2) is 54.7 Å². The molecule has 1 heterocycles. The summed E-state index contributed by atoms with van der Waals surface area (Å²) in [5.41, 5.74) is 5.18. The Balaban J connectivity index is 1.81. The van der Waals surface area contributed by atoms with E-state index in [1.807, 2.05) is 62.8 Å². The first-order chi connectivity index (χ1) is 11.5. The van der Waals surface area contributed by atoms with Crippen molar-refractivity contribution in [2.45, 2.75) is 13.5 Å². The van der Waals surface area contributed by atoms with E-state index in [-0.39, 0.29) is 0 Å². The second-order valence-electron chi connectivity index (χ2n) is 5.87. The van der Waals surface area contributed by atoms with Crippen molar-refractivity contribution in [3.63, 3.8) is 0 Å². The number of hydrogen-bond acceptors (Lipinski definition) is 4. The molecule has 0 aliphatic heterocycles. The lowest BCUT2D eigenvalue weighted by molar-refractivity contribution is 0.306. The van der Waals surface area contributed by atoms with E-state index in [1.54, 1.807) is 9.69 Å². The highest BCUT2D eigenvalue weighted by molar-refractivity contribution is 5.61. The third kappa shape index (κ3) is 3.41. The highest BCUT2D eigenvalue weighted by Gasteiger charge is 2.09. The standard InChI is InChI=1S/C19H22N4O/c1-14-6-4-9-19(23(3)20)17(14)13-24-16-8-5-7-15(12-16)18-10-11-22(2)21-18/h4-12H,13,20H2,1-3H3. The molecule has 0 amide bonds. The fourth-order valence-electron chi connectivity index (χ4n) is 2.67. The number of anilines is 1. The zero-order valence-corrected chi connectivity index (χ0v) is 14.2. The number of hydrogen-bond donors (Lipinski definition) is 1. The highest BCUT2D eigenvalue weighted by atomic mass is 16.5. The van der Waals surface area contributed by atoms with E-state index in [9.17, 15) is 0 Å². The smallest absolute Gasteiger partial charge is 0.120 e. The quantitative estimate of drug-likeness (QED) is 0.578. The molecule has 0 spiro atoms. The second-order valence-corrected chi connectivity index (χ2v) is 5.87. The number of nitrogens with two attached hydrogens (primary N) is 1. The van der Waals surface area contributed by atoms with E-state index in [0.29, 0.717) is 6.61 Å². The van der Waals surface area contributed by atoms with Gasteiger partial charge in [0, 0.05) is 31.4 Å². The zero-order valence-electron chi connectivity index (χ0n) is 14.2. The minimum absolute atomic E-state index is 0.467. The summed E-state index contributed by atoms with van der Waals surface area (Å²) in [6.07, 6.45) is 1.93. The Kier molecular flexibility index (Phi) is 4.53. The van der Waals surface area contributed by atoms with Crippen LogP contribution in [0.4, 0.5) is 5.69 Å². The van der Waals surface area contributed by atoms with Crippen LogP contribution in [0.3, 0.4) is 0 Å². The Morgan fingerprint density at radius 1 is 1.17 bits per heavy atom.